The van der Waals surface area contributed by atoms with Crippen LogP contribution < -0.4 is 21.3 Å². The Hall–Kier alpha value is -2.90. The maximum absolute atomic E-state index is 12.5. The van der Waals surface area contributed by atoms with Gasteiger partial charge in [-0.2, -0.15) is 0 Å². The van der Waals surface area contributed by atoms with E-state index in [-0.39, 0.29) is 23.6 Å². The molecule has 0 bridgehead atoms. The molecule has 4 N–H and O–H groups in total. The summed E-state index contributed by atoms with van der Waals surface area (Å²) in [7, 11) is 0. The smallest absolute Gasteiger partial charge is 0.251 e. The van der Waals surface area contributed by atoms with Crippen molar-refractivity contribution in [2.75, 3.05) is 13.1 Å². The number of carbonyl (C=O) groups is 4. The lowest BCUT2D eigenvalue weighted by molar-refractivity contribution is -0.123. The van der Waals surface area contributed by atoms with Crippen molar-refractivity contribution in [3.05, 3.63) is 35.4 Å². The molecule has 0 aliphatic heterocycles. The molecule has 38 heavy (non-hydrogen) atoms. The Morgan fingerprint density at radius 1 is 0.553 bits per heavy atom. The number of rotatable bonds is 20. The minimum absolute atomic E-state index is 0.216. The molecule has 0 fully saturated rings. The summed E-state index contributed by atoms with van der Waals surface area (Å²) in [5.74, 6) is -1.21. The van der Waals surface area contributed by atoms with Crippen molar-refractivity contribution in [2.45, 2.75) is 117 Å². The fourth-order valence-corrected chi connectivity index (χ4v) is 4.00. The van der Waals surface area contributed by atoms with E-state index >= 15 is 0 Å². The van der Waals surface area contributed by atoms with Crippen LogP contribution in [-0.2, 0) is 9.59 Å². The molecule has 0 heterocycles. The summed E-state index contributed by atoms with van der Waals surface area (Å²) in [4.78, 5) is 49.6. The molecule has 2 atom stereocenters. The fraction of sp³-hybridized carbons (Fsp3) is 0.667. The molecule has 0 saturated heterocycles. The topological polar surface area (TPSA) is 116 Å². The molecule has 0 aromatic heterocycles. The van der Waals surface area contributed by atoms with Gasteiger partial charge in [0.15, 0.2) is 0 Å². The Balaban J connectivity index is 2.37. The number of benzene rings is 1. The lowest BCUT2D eigenvalue weighted by Crippen LogP contribution is -2.45. The highest BCUT2D eigenvalue weighted by Crippen LogP contribution is 2.07. The molecule has 214 valence electrons. The number of unbranched alkanes of at least 4 members (excludes halogenated alkanes) is 10. The minimum Gasteiger partial charge on any atom is -0.354 e. The Morgan fingerprint density at radius 3 is 1.21 bits per heavy atom. The zero-order chi connectivity index (χ0) is 28.2. The van der Waals surface area contributed by atoms with Crippen LogP contribution in [0.5, 0.6) is 0 Å². The average Bonchev–Trinajstić information content (AvgIpc) is 2.91. The first kappa shape index (κ1) is 33.1. The van der Waals surface area contributed by atoms with Crippen molar-refractivity contribution < 1.29 is 19.2 Å². The first-order valence-electron chi connectivity index (χ1n) is 14.6. The molecule has 0 aliphatic carbocycles. The lowest BCUT2D eigenvalue weighted by atomic mass is 10.1. The summed E-state index contributed by atoms with van der Waals surface area (Å²) in [6.45, 7) is 8.87. The van der Waals surface area contributed by atoms with E-state index in [1.54, 1.807) is 13.8 Å². The van der Waals surface area contributed by atoms with Gasteiger partial charge < -0.3 is 21.3 Å². The second-order valence-corrected chi connectivity index (χ2v) is 10.1. The van der Waals surface area contributed by atoms with Gasteiger partial charge in [-0.25, -0.2) is 0 Å². The predicted octanol–water partition coefficient (Wildman–Crippen LogP) is 4.88. The average molecular weight is 531 g/mol. The van der Waals surface area contributed by atoms with Crippen LogP contribution in [0.25, 0.3) is 0 Å². The number of carbonyl (C=O) groups excluding carboxylic acids is 4. The van der Waals surface area contributed by atoms with Crippen molar-refractivity contribution in [1.82, 2.24) is 21.3 Å². The van der Waals surface area contributed by atoms with Gasteiger partial charge in [-0.05, 0) is 51.0 Å². The van der Waals surface area contributed by atoms with Crippen molar-refractivity contribution in [2.24, 2.45) is 0 Å². The van der Waals surface area contributed by atoms with E-state index in [9.17, 15) is 19.2 Å². The summed E-state index contributed by atoms with van der Waals surface area (Å²) in [5, 5.41) is 11.1. The molecule has 1 aromatic rings. The van der Waals surface area contributed by atoms with E-state index in [0.29, 0.717) is 24.2 Å². The maximum Gasteiger partial charge on any atom is 0.251 e. The summed E-state index contributed by atoms with van der Waals surface area (Å²) < 4.78 is 0. The summed E-state index contributed by atoms with van der Waals surface area (Å²) in [5.41, 5.74) is 0.698. The Kier molecular flexibility index (Phi) is 17.5. The zero-order valence-corrected chi connectivity index (χ0v) is 24.0. The molecular formula is C30H50N4O4. The molecule has 0 radical (unpaired) electrons. The van der Waals surface area contributed by atoms with Crippen molar-refractivity contribution in [3.8, 4) is 0 Å². The maximum atomic E-state index is 12.5. The second kappa shape index (κ2) is 20.1. The summed E-state index contributed by atoms with van der Waals surface area (Å²) >= 11 is 0. The van der Waals surface area contributed by atoms with E-state index in [4.69, 9.17) is 0 Å². The Labute approximate surface area is 229 Å². The molecule has 4 amide bonds. The van der Waals surface area contributed by atoms with Crippen LogP contribution in [0.15, 0.2) is 24.3 Å². The van der Waals surface area contributed by atoms with Crippen LogP contribution in [0.1, 0.15) is 125 Å². The molecule has 0 spiro atoms. The van der Waals surface area contributed by atoms with Gasteiger partial charge in [-0.3, -0.25) is 19.2 Å². The number of hydrogen-bond donors (Lipinski definition) is 4. The Bertz CT molecular complexity index is 772. The van der Waals surface area contributed by atoms with Gasteiger partial charge >= 0.3 is 0 Å². The van der Waals surface area contributed by atoms with Gasteiger partial charge in [-0.1, -0.05) is 78.1 Å². The lowest BCUT2D eigenvalue weighted by Gasteiger charge is -2.15. The molecule has 8 heteroatoms. The van der Waals surface area contributed by atoms with E-state index < -0.39 is 12.1 Å². The molecule has 8 nitrogen and oxygen atoms in total. The molecule has 1 aromatic carbocycles. The van der Waals surface area contributed by atoms with Crippen LogP contribution in [0.3, 0.4) is 0 Å². The van der Waals surface area contributed by atoms with E-state index in [2.05, 4.69) is 35.1 Å². The van der Waals surface area contributed by atoms with Gasteiger partial charge in [0.2, 0.25) is 11.8 Å². The third-order valence-electron chi connectivity index (χ3n) is 6.55. The summed E-state index contributed by atoms with van der Waals surface area (Å²) in [6, 6.07) is 4.81. The van der Waals surface area contributed by atoms with E-state index in [1.807, 2.05) is 0 Å². The SMILES string of the molecule is CCCCCCCCNC(=O)[C@H](C)NC(=O)c1ccc(C(=O)N[C@@H](C)C(=O)NCCCCCCCC)cc1. The van der Waals surface area contributed by atoms with Crippen LogP contribution >= 0.6 is 0 Å². The second-order valence-electron chi connectivity index (χ2n) is 10.1. The predicted molar refractivity (Wildman–Crippen MR) is 153 cm³/mol. The van der Waals surface area contributed by atoms with Crippen LogP contribution in [0.4, 0.5) is 0 Å². The summed E-state index contributed by atoms with van der Waals surface area (Å²) in [6.07, 6.45) is 13.8. The largest absolute Gasteiger partial charge is 0.354 e. The van der Waals surface area contributed by atoms with E-state index in [0.717, 1.165) is 25.7 Å². The zero-order valence-electron chi connectivity index (χ0n) is 24.0. The van der Waals surface area contributed by atoms with Gasteiger partial charge in [0, 0.05) is 24.2 Å². The van der Waals surface area contributed by atoms with Crippen molar-refractivity contribution in [1.29, 1.82) is 0 Å². The highest BCUT2D eigenvalue weighted by molar-refractivity contribution is 6.00. The molecule has 0 saturated carbocycles. The van der Waals surface area contributed by atoms with Crippen LogP contribution in [-0.4, -0.2) is 48.8 Å². The number of amides is 4. The van der Waals surface area contributed by atoms with Gasteiger partial charge in [-0.15, -0.1) is 0 Å². The fourth-order valence-electron chi connectivity index (χ4n) is 4.00. The quantitative estimate of drug-likeness (QED) is 0.180. The van der Waals surface area contributed by atoms with Crippen LogP contribution in [0.2, 0.25) is 0 Å². The van der Waals surface area contributed by atoms with Gasteiger partial charge in [0.05, 0.1) is 0 Å². The molecular weight excluding hydrogens is 480 g/mol. The van der Waals surface area contributed by atoms with Crippen LogP contribution in [0, 0.1) is 0 Å². The van der Waals surface area contributed by atoms with Crippen molar-refractivity contribution >= 4 is 23.6 Å². The first-order valence-corrected chi connectivity index (χ1v) is 14.6. The third-order valence-corrected chi connectivity index (χ3v) is 6.55. The highest BCUT2D eigenvalue weighted by Gasteiger charge is 2.18. The van der Waals surface area contributed by atoms with Gasteiger partial charge in [0.1, 0.15) is 12.1 Å². The Morgan fingerprint density at radius 2 is 0.868 bits per heavy atom. The van der Waals surface area contributed by atoms with Gasteiger partial charge in [0.25, 0.3) is 11.8 Å². The molecule has 0 aliphatic rings. The number of hydrogen-bond acceptors (Lipinski definition) is 4. The minimum atomic E-state index is -0.665. The van der Waals surface area contributed by atoms with Crippen molar-refractivity contribution in [3.63, 3.8) is 0 Å². The monoisotopic (exact) mass is 530 g/mol. The molecule has 0 unspecified atom stereocenters. The first-order chi connectivity index (χ1) is 18.3. The normalized spacial score (nSPS) is 12.3. The van der Waals surface area contributed by atoms with E-state index in [1.165, 1.54) is 75.6 Å². The number of nitrogens with one attached hydrogen (secondary N) is 4. The standard InChI is InChI=1S/C30H50N4O4/c1-5-7-9-11-13-15-21-31-27(35)23(3)33-29(37)25-17-19-26(20-18-25)30(38)34-24(4)28(36)32-22-16-14-12-10-8-6-2/h17-20,23-24H,5-16,21-22H2,1-4H3,(H,31,35)(H,32,36)(H,33,37)(H,34,38)/t23-,24-/m0/s1. The third kappa shape index (κ3) is 14.1. The highest BCUT2D eigenvalue weighted by atomic mass is 16.2. The molecule has 1 rings (SSSR count).